The molecule has 7 nitrogen and oxygen atoms in total. The molecule has 2 heterocycles. The summed E-state index contributed by atoms with van der Waals surface area (Å²) in [4.78, 5) is 32.4. The van der Waals surface area contributed by atoms with Crippen LogP contribution in [0, 0.1) is 5.92 Å². The molecule has 3 aromatic rings. The average molecular weight is 553 g/mol. The number of halogens is 2. The Balaban J connectivity index is 1.21. The smallest absolute Gasteiger partial charge is 0.242 e. The van der Waals surface area contributed by atoms with Gasteiger partial charge in [0, 0.05) is 42.7 Å². The number of rotatable bonds is 7. The molecule has 38 heavy (non-hydrogen) atoms. The summed E-state index contributed by atoms with van der Waals surface area (Å²) >= 11 is 12.3. The molecule has 2 aromatic carbocycles. The Morgan fingerprint density at radius 2 is 1.71 bits per heavy atom. The lowest BCUT2D eigenvalue weighted by atomic mass is 9.84. The van der Waals surface area contributed by atoms with E-state index in [9.17, 15) is 9.59 Å². The highest BCUT2D eigenvalue weighted by Crippen LogP contribution is 2.32. The van der Waals surface area contributed by atoms with Gasteiger partial charge in [0.15, 0.2) is 5.82 Å². The van der Waals surface area contributed by atoms with Gasteiger partial charge in [0.05, 0.1) is 16.8 Å². The second-order valence-electron chi connectivity index (χ2n) is 9.95. The van der Waals surface area contributed by atoms with Crippen LogP contribution in [0.15, 0.2) is 60.7 Å². The number of carbonyl (C=O) groups excluding carboxylic acids is 2. The summed E-state index contributed by atoms with van der Waals surface area (Å²) < 4.78 is 0. The molecule has 1 atom stereocenters. The standard InChI is InChI=1S/C29H31Cl2N5O2/c1-20(21-6-3-2-4-7-21)36(29(38)22-8-5-9-22)19-28(37)35-16-14-34(15-17-35)27-13-12-26(32-33-27)24-11-10-23(30)18-25(24)31/h2-4,6-7,10-13,18,20,22H,5,8-9,14-17,19H2,1H3/t20-/m1/s1. The van der Waals surface area contributed by atoms with Gasteiger partial charge in [-0.1, -0.05) is 60.0 Å². The van der Waals surface area contributed by atoms with Crippen LogP contribution in [-0.2, 0) is 9.59 Å². The number of anilines is 1. The fraction of sp³-hybridized carbons (Fsp3) is 0.379. The first kappa shape index (κ1) is 26.4. The summed E-state index contributed by atoms with van der Waals surface area (Å²) in [5, 5.41) is 9.86. The van der Waals surface area contributed by atoms with Crippen molar-refractivity contribution in [1.82, 2.24) is 20.0 Å². The van der Waals surface area contributed by atoms with E-state index in [1.54, 1.807) is 17.0 Å². The second kappa shape index (κ2) is 11.7. The molecule has 9 heteroatoms. The van der Waals surface area contributed by atoms with Gasteiger partial charge in [-0.2, -0.15) is 0 Å². The van der Waals surface area contributed by atoms with E-state index in [0.717, 1.165) is 36.2 Å². The van der Waals surface area contributed by atoms with Crippen LogP contribution in [0.4, 0.5) is 5.82 Å². The highest BCUT2D eigenvalue weighted by Gasteiger charge is 2.34. The van der Waals surface area contributed by atoms with E-state index in [1.165, 1.54) is 0 Å². The molecule has 1 aliphatic heterocycles. The zero-order valence-electron chi connectivity index (χ0n) is 21.4. The Kier molecular flexibility index (Phi) is 8.15. The van der Waals surface area contributed by atoms with Gasteiger partial charge in [-0.25, -0.2) is 0 Å². The van der Waals surface area contributed by atoms with Crippen molar-refractivity contribution < 1.29 is 9.59 Å². The number of carbonyl (C=O) groups is 2. The van der Waals surface area contributed by atoms with E-state index < -0.39 is 0 Å². The highest BCUT2D eigenvalue weighted by atomic mass is 35.5. The lowest BCUT2D eigenvalue weighted by molar-refractivity contribution is -0.147. The van der Waals surface area contributed by atoms with E-state index in [0.29, 0.717) is 41.9 Å². The van der Waals surface area contributed by atoms with Gasteiger partial charge in [0.2, 0.25) is 11.8 Å². The molecular weight excluding hydrogens is 521 g/mol. The largest absolute Gasteiger partial charge is 0.352 e. The molecule has 2 fully saturated rings. The number of nitrogens with zero attached hydrogens (tertiary/aromatic N) is 5. The molecule has 2 aliphatic rings. The summed E-state index contributed by atoms with van der Waals surface area (Å²) in [6.45, 7) is 4.53. The van der Waals surface area contributed by atoms with Crippen LogP contribution in [-0.4, -0.2) is 64.5 Å². The number of aromatic nitrogens is 2. The Labute approximate surface area is 233 Å². The third-order valence-electron chi connectivity index (χ3n) is 7.61. The Bertz CT molecular complexity index is 1280. The first-order chi connectivity index (χ1) is 18.4. The molecule has 1 saturated carbocycles. The molecule has 2 amide bonds. The Hall–Kier alpha value is -3.16. The van der Waals surface area contributed by atoms with Crippen molar-refractivity contribution in [3.63, 3.8) is 0 Å². The summed E-state index contributed by atoms with van der Waals surface area (Å²) in [6.07, 6.45) is 2.90. The van der Waals surface area contributed by atoms with Crippen molar-refractivity contribution in [2.75, 3.05) is 37.6 Å². The second-order valence-corrected chi connectivity index (χ2v) is 10.8. The van der Waals surface area contributed by atoms with E-state index in [2.05, 4.69) is 15.1 Å². The molecule has 1 aromatic heterocycles. The van der Waals surface area contributed by atoms with Crippen LogP contribution >= 0.6 is 23.2 Å². The minimum atomic E-state index is -0.155. The molecule has 1 saturated heterocycles. The summed E-state index contributed by atoms with van der Waals surface area (Å²) in [7, 11) is 0. The Morgan fingerprint density at radius 3 is 2.32 bits per heavy atom. The van der Waals surface area contributed by atoms with Crippen LogP contribution in [0.25, 0.3) is 11.3 Å². The maximum absolute atomic E-state index is 13.3. The van der Waals surface area contributed by atoms with Crippen molar-refractivity contribution in [1.29, 1.82) is 0 Å². The van der Waals surface area contributed by atoms with Crippen molar-refractivity contribution in [2.24, 2.45) is 5.92 Å². The van der Waals surface area contributed by atoms with Crippen LogP contribution in [0.1, 0.15) is 37.8 Å². The number of benzene rings is 2. The minimum Gasteiger partial charge on any atom is -0.352 e. The number of amides is 2. The summed E-state index contributed by atoms with van der Waals surface area (Å²) in [6, 6.07) is 18.9. The monoisotopic (exact) mass is 551 g/mol. The number of hydrogen-bond acceptors (Lipinski definition) is 5. The molecule has 0 radical (unpaired) electrons. The van der Waals surface area contributed by atoms with Crippen LogP contribution < -0.4 is 4.90 Å². The summed E-state index contributed by atoms with van der Waals surface area (Å²) in [5.41, 5.74) is 2.49. The molecule has 0 N–H and O–H groups in total. The SMILES string of the molecule is C[C@H](c1ccccc1)N(CC(=O)N1CCN(c2ccc(-c3ccc(Cl)cc3Cl)nn2)CC1)C(=O)C1CCC1. The van der Waals surface area contributed by atoms with E-state index >= 15 is 0 Å². The van der Waals surface area contributed by atoms with Crippen molar-refractivity contribution in [3.8, 4) is 11.3 Å². The first-order valence-corrected chi connectivity index (χ1v) is 13.8. The van der Waals surface area contributed by atoms with Crippen LogP contribution in [0.3, 0.4) is 0 Å². The van der Waals surface area contributed by atoms with Crippen molar-refractivity contribution >= 4 is 40.8 Å². The van der Waals surface area contributed by atoms with Gasteiger partial charge in [0.25, 0.3) is 0 Å². The average Bonchev–Trinajstić information content (AvgIpc) is 2.91. The molecule has 198 valence electrons. The van der Waals surface area contributed by atoms with Gasteiger partial charge in [0.1, 0.15) is 6.54 Å². The van der Waals surface area contributed by atoms with E-state index in [-0.39, 0.29) is 30.3 Å². The van der Waals surface area contributed by atoms with E-state index in [4.69, 9.17) is 23.2 Å². The zero-order chi connectivity index (χ0) is 26.6. The van der Waals surface area contributed by atoms with Crippen molar-refractivity contribution in [3.05, 3.63) is 76.3 Å². The molecule has 0 spiro atoms. The van der Waals surface area contributed by atoms with Crippen LogP contribution in [0.2, 0.25) is 10.0 Å². The van der Waals surface area contributed by atoms with Gasteiger partial charge in [-0.3, -0.25) is 9.59 Å². The van der Waals surface area contributed by atoms with E-state index in [1.807, 2.05) is 60.4 Å². The Morgan fingerprint density at radius 1 is 0.974 bits per heavy atom. The maximum Gasteiger partial charge on any atom is 0.242 e. The predicted molar refractivity (Wildman–Crippen MR) is 150 cm³/mol. The van der Waals surface area contributed by atoms with Gasteiger partial charge < -0.3 is 14.7 Å². The molecule has 0 unspecified atom stereocenters. The normalized spacial score (nSPS) is 16.6. The fourth-order valence-corrected chi connectivity index (χ4v) is 5.48. The molecular formula is C29H31Cl2N5O2. The third-order valence-corrected chi connectivity index (χ3v) is 8.15. The first-order valence-electron chi connectivity index (χ1n) is 13.1. The lowest BCUT2D eigenvalue weighted by Crippen LogP contribution is -2.53. The van der Waals surface area contributed by atoms with Gasteiger partial charge in [-0.15, -0.1) is 10.2 Å². The molecule has 1 aliphatic carbocycles. The number of piperazine rings is 1. The highest BCUT2D eigenvalue weighted by molar-refractivity contribution is 6.36. The third kappa shape index (κ3) is 5.79. The van der Waals surface area contributed by atoms with Crippen LogP contribution in [0.5, 0.6) is 0 Å². The zero-order valence-corrected chi connectivity index (χ0v) is 22.9. The maximum atomic E-state index is 13.3. The molecule has 0 bridgehead atoms. The van der Waals surface area contributed by atoms with Gasteiger partial charge >= 0.3 is 0 Å². The van der Waals surface area contributed by atoms with Gasteiger partial charge in [-0.05, 0) is 55.7 Å². The lowest BCUT2D eigenvalue weighted by Gasteiger charge is -2.39. The number of hydrogen-bond donors (Lipinski definition) is 0. The fourth-order valence-electron chi connectivity index (χ4n) is 4.97. The summed E-state index contributed by atoms with van der Waals surface area (Å²) in [5.74, 6) is 0.871. The quantitative estimate of drug-likeness (QED) is 0.388. The topological polar surface area (TPSA) is 69.6 Å². The van der Waals surface area contributed by atoms with Crippen molar-refractivity contribution in [2.45, 2.75) is 32.2 Å². The predicted octanol–water partition coefficient (Wildman–Crippen LogP) is 5.49. The minimum absolute atomic E-state index is 0.0149. The molecule has 5 rings (SSSR count).